The molecule has 0 aromatic heterocycles. The van der Waals surface area contributed by atoms with Crippen LogP contribution in [0.2, 0.25) is 0 Å². The lowest BCUT2D eigenvalue weighted by atomic mass is 10.1. The Bertz CT molecular complexity index is 758. The van der Waals surface area contributed by atoms with Crippen LogP contribution >= 0.6 is 0 Å². The number of carbonyl (C=O) groups excluding carboxylic acids is 2. The highest BCUT2D eigenvalue weighted by Crippen LogP contribution is 2.22. The lowest BCUT2D eigenvalue weighted by Gasteiger charge is -2.07. The van der Waals surface area contributed by atoms with Crippen molar-refractivity contribution in [1.29, 1.82) is 0 Å². The molecule has 0 radical (unpaired) electrons. The molecule has 0 aliphatic heterocycles. The molecule has 23 heavy (non-hydrogen) atoms. The maximum atomic E-state index is 11.8. The molecular weight excluding hydrogens is 300 g/mol. The van der Waals surface area contributed by atoms with Gasteiger partial charge in [-0.15, -0.1) is 0 Å². The fourth-order valence-corrected chi connectivity index (χ4v) is 1.91. The van der Waals surface area contributed by atoms with Crippen molar-refractivity contribution in [1.82, 2.24) is 0 Å². The Morgan fingerprint density at radius 3 is 2.61 bits per heavy atom. The van der Waals surface area contributed by atoms with Gasteiger partial charge in [-0.1, -0.05) is 29.8 Å². The van der Waals surface area contributed by atoms with Crippen LogP contribution in [0.1, 0.15) is 15.9 Å². The summed E-state index contributed by atoms with van der Waals surface area (Å²) in [7, 11) is 0. The number of benzene rings is 2. The van der Waals surface area contributed by atoms with Crippen LogP contribution in [0.3, 0.4) is 0 Å². The number of nitrogens with zero attached hydrogens (tertiary/aromatic N) is 1. The van der Waals surface area contributed by atoms with Gasteiger partial charge in [0, 0.05) is 6.07 Å². The lowest BCUT2D eigenvalue weighted by Crippen LogP contribution is -2.21. The van der Waals surface area contributed by atoms with Gasteiger partial charge in [-0.3, -0.25) is 14.9 Å². The molecule has 0 heterocycles. The Morgan fingerprint density at radius 2 is 1.91 bits per heavy atom. The van der Waals surface area contributed by atoms with E-state index in [-0.39, 0.29) is 11.4 Å². The Labute approximate surface area is 132 Å². The monoisotopic (exact) mass is 314 g/mol. The standard InChI is InChI=1S/C16H14N2O5/c1-11-5-4-6-12(9-11)16(20)23-10-15(19)17-13-7-2-3-8-14(13)18(21)22/h2-9H,10H2,1H3,(H,17,19). The van der Waals surface area contributed by atoms with E-state index in [2.05, 4.69) is 5.32 Å². The van der Waals surface area contributed by atoms with Gasteiger partial charge in [0.2, 0.25) is 0 Å². The molecule has 0 aliphatic carbocycles. The molecule has 1 amide bonds. The molecule has 118 valence electrons. The van der Waals surface area contributed by atoms with Gasteiger partial charge >= 0.3 is 5.97 Å². The predicted molar refractivity (Wildman–Crippen MR) is 83.2 cm³/mol. The van der Waals surface area contributed by atoms with Gasteiger partial charge in [0.15, 0.2) is 6.61 Å². The topological polar surface area (TPSA) is 98.5 Å². The van der Waals surface area contributed by atoms with Gasteiger partial charge in [0.25, 0.3) is 11.6 Å². The van der Waals surface area contributed by atoms with Crippen LogP contribution in [0, 0.1) is 17.0 Å². The second kappa shape index (κ2) is 7.17. The number of para-hydroxylation sites is 2. The smallest absolute Gasteiger partial charge is 0.338 e. The molecule has 0 saturated carbocycles. The number of nitro groups is 1. The summed E-state index contributed by atoms with van der Waals surface area (Å²) in [6, 6.07) is 12.5. The van der Waals surface area contributed by atoms with E-state index < -0.39 is 23.4 Å². The zero-order valence-corrected chi connectivity index (χ0v) is 12.3. The van der Waals surface area contributed by atoms with Crippen LogP contribution in [-0.2, 0) is 9.53 Å². The molecule has 2 aromatic rings. The van der Waals surface area contributed by atoms with Gasteiger partial charge < -0.3 is 10.1 Å². The SMILES string of the molecule is Cc1cccc(C(=O)OCC(=O)Nc2ccccc2[N+](=O)[O-])c1. The molecule has 7 nitrogen and oxygen atoms in total. The van der Waals surface area contributed by atoms with Gasteiger partial charge in [0.1, 0.15) is 5.69 Å². The Morgan fingerprint density at radius 1 is 1.17 bits per heavy atom. The zero-order valence-electron chi connectivity index (χ0n) is 12.3. The molecule has 0 unspecified atom stereocenters. The largest absolute Gasteiger partial charge is 0.452 e. The number of nitro benzene ring substituents is 1. The van der Waals surface area contributed by atoms with E-state index in [1.54, 1.807) is 24.3 Å². The van der Waals surface area contributed by atoms with E-state index in [0.29, 0.717) is 5.56 Å². The van der Waals surface area contributed by atoms with Crippen molar-refractivity contribution in [3.05, 3.63) is 69.8 Å². The summed E-state index contributed by atoms with van der Waals surface area (Å²) < 4.78 is 4.90. The number of hydrogen-bond donors (Lipinski definition) is 1. The van der Waals surface area contributed by atoms with Crippen molar-refractivity contribution in [3.63, 3.8) is 0 Å². The first kappa shape index (κ1) is 16.2. The van der Waals surface area contributed by atoms with Crippen LogP contribution in [0.5, 0.6) is 0 Å². The van der Waals surface area contributed by atoms with Gasteiger partial charge in [0.05, 0.1) is 10.5 Å². The minimum atomic E-state index is -0.652. The fraction of sp³-hybridized carbons (Fsp3) is 0.125. The first-order valence-corrected chi connectivity index (χ1v) is 6.74. The van der Waals surface area contributed by atoms with Crippen molar-refractivity contribution >= 4 is 23.3 Å². The number of ether oxygens (including phenoxy) is 1. The molecule has 2 rings (SSSR count). The first-order chi connectivity index (χ1) is 11.0. The van der Waals surface area contributed by atoms with Gasteiger partial charge in [-0.25, -0.2) is 4.79 Å². The number of anilines is 1. The molecule has 1 N–H and O–H groups in total. The Balaban J connectivity index is 1.96. The van der Waals surface area contributed by atoms with E-state index >= 15 is 0 Å². The minimum Gasteiger partial charge on any atom is -0.452 e. The third-order valence-electron chi connectivity index (χ3n) is 2.96. The van der Waals surface area contributed by atoms with E-state index in [0.717, 1.165) is 5.56 Å². The quantitative estimate of drug-likeness (QED) is 0.519. The summed E-state index contributed by atoms with van der Waals surface area (Å²) in [5.41, 5.74) is 1.05. The van der Waals surface area contributed by atoms with Gasteiger partial charge in [-0.2, -0.15) is 0 Å². The fourth-order valence-electron chi connectivity index (χ4n) is 1.91. The molecule has 0 saturated heterocycles. The maximum absolute atomic E-state index is 11.8. The minimum absolute atomic E-state index is 0.0501. The second-order valence-electron chi connectivity index (χ2n) is 4.77. The number of nitrogens with one attached hydrogen (secondary N) is 1. The number of carbonyl (C=O) groups is 2. The zero-order chi connectivity index (χ0) is 16.8. The molecule has 0 bridgehead atoms. The van der Waals surface area contributed by atoms with Crippen LogP contribution < -0.4 is 5.32 Å². The van der Waals surface area contributed by atoms with Crippen molar-refractivity contribution in [3.8, 4) is 0 Å². The normalized spacial score (nSPS) is 9.96. The summed E-state index contributed by atoms with van der Waals surface area (Å²) in [5.74, 6) is -1.29. The van der Waals surface area contributed by atoms with Crippen molar-refractivity contribution in [2.75, 3.05) is 11.9 Å². The highest BCUT2D eigenvalue weighted by molar-refractivity contribution is 5.96. The second-order valence-corrected chi connectivity index (χ2v) is 4.77. The summed E-state index contributed by atoms with van der Waals surface area (Å²) in [4.78, 5) is 33.8. The van der Waals surface area contributed by atoms with Crippen molar-refractivity contribution < 1.29 is 19.2 Å². The molecule has 7 heteroatoms. The van der Waals surface area contributed by atoms with Crippen LogP contribution in [0.25, 0.3) is 0 Å². The van der Waals surface area contributed by atoms with Crippen molar-refractivity contribution in [2.45, 2.75) is 6.92 Å². The number of hydrogen-bond acceptors (Lipinski definition) is 5. The molecule has 0 fully saturated rings. The molecule has 2 aromatic carbocycles. The Kier molecular flexibility index (Phi) is 5.03. The third kappa shape index (κ3) is 4.37. The first-order valence-electron chi connectivity index (χ1n) is 6.74. The number of rotatable bonds is 5. The molecule has 0 atom stereocenters. The Hall–Kier alpha value is -3.22. The predicted octanol–water partition coefficient (Wildman–Crippen LogP) is 2.70. The number of amides is 1. The van der Waals surface area contributed by atoms with Crippen LogP contribution in [-0.4, -0.2) is 23.4 Å². The average Bonchev–Trinajstić information content (AvgIpc) is 2.53. The highest BCUT2D eigenvalue weighted by atomic mass is 16.6. The summed E-state index contributed by atoms with van der Waals surface area (Å²) in [6.45, 7) is 1.30. The van der Waals surface area contributed by atoms with Crippen molar-refractivity contribution in [2.24, 2.45) is 0 Å². The summed E-state index contributed by atoms with van der Waals surface area (Å²) in [5, 5.41) is 13.2. The molecule has 0 aliphatic rings. The molecular formula is C16H14N2O5. The van der Waals surface area contributed by atoms with Crippen LogP contribution in [0.4, 0.5) is 11.4 Å². The van der Waals surface area contributed by atoms with E-state index in [1.807, 2.05) is 13.0 Å². The van der Waals surface area contributed by atoms with E-state index in [4.69, 9.17) is 4.74 Å². The summed E-state index contributed by atoms with van der Waals surface area (Å²) >= 11 is 0. The van der Waals surface area contributed by atoms with Crippen LogP contribution in [0.15, 0.2) is 48.5 Å². The van der Waals surface area contributed by atoms with Gasteiger partial charge in [-0.05, 0) is 25.1 Å². The molecule has 0 spiro atoms. The highest BCUT2D eigenvalue weighted by Gasteiger charge is 2.16. The van der Waals surface area contributed by atoms with E-state index in [1.165, 1.54) is 18.2 Å². The summed E-state index contributed by atoms with van der Waals surface area (Å²) in [6.07, 6.45) is 0. The number of esters is 1. The maximum Gasteiger partial charge on any atom is 0.338 e. The third-order valence-corrected chi connectivity index (χ3v) is 2.96. The number of aryl methyl sites for hydroxylation is 1. The van der Waals surface area contributed by atoms with E-state index in [9.17, 15) is 19.7 Å². The lowest BCUT2D eigenvalue weighted by molar-refractivity contribution is -0.383. The average molecular weight is 314 g/mol.